The number of unbranched alkanes of at least 4 members (excludes halogenated alkanes) is 14. The van der Waals surface area contributed by atoms with Gasteiger partial charge < -0.3 is 5.11 Å². The van der Waals surface area contributed by atoms with Crippen LogP contribution in [0.1, 0.15) is 123 Å². The Balaban J connectivity index is 3.19. The smallest absolute Gasteiger partial charge is 0.0467 e. The molecule has 2 heteroatoms. The zero-order valence-electron chi connectivity index (χ0n) is 17.6. The second kappa shape index (κ2) is 22.4. The lowest BCUT2D eigenvalue weighted by Gasteiger charge is -2.13. The predicted octanol–water partition coefficient (Wildman–Crippen LogP) is 8.00. The molecule has 0 aromatic heterocycles. The zero-order chi connectivity index (χ0) is 18.4. The van der Waals surface area contributed by atoms with Gasteiger partial charge in [-0.3, -0.25) is 0 Å². The fourth-order valence-electron chi connectivity index (χ4n) is 3.35. The van der Waals surface area contributed by atoms with Crippen LogP contribution in [0, 0.1) is 5.92 Å². The number of aliphatic hydroxyl groups excluding tert-OH is 1. The van der Waals surface area contributed by atoms with Crippen molar-refractivity contribution in [2.24, 2.45) is 5.92 Å². The molecule has 0 aliphatic rings. The highest BCUT2D eigenvalue weighted by Crippen LogP contribution is 2.18. The van der Waals surface area contributed by atoms with Crippen molar-refractivity contribution in [3.63, 3.8) is 0 Å². The first-order chi connectivity index (χ1) is 12.3. The summed E-state index contributed by atoms with van der Waals surface area (Å²) in [7, 11) is 0. The summed E-state index contributed by atoms with van der Waals surface area (Å²) in [5.74, 6) is 2.97. The third-order valence-electron chi connectivity index (χ3n) is 5.22. The van der Waals surface area contributed by atoms with Gasteiger partial charge >= 0.3 is 0 Å². The lowest BCUT2D eigenvalue weighted by molar-refractivity contribution is 0.230. The van der Waals surface area contributed by atoms with E-state index in [-0.39, 0.29) is 0 Å². The van der Waals surface area contributed by atoms with Crippen LogP contribution in [0.5, 0.6) is 0 Å². The number of rotatable bonds is 21. The molecular formula is C23H48OS. The van der Waals surface area contributed by atoms with Crippen molar-refractivity contribution in [1.29, 1.82) is 0 Å². The Morgan fingerprint density at radius 2 is 1.04 bits per heavy atom. The summed E-state index contributed by atoms with van der Waals surface area (Å²) in [6.07, 6.45) is 23.8. The van der Waals surface area contributed by atoms with Gasteiger partial charge in [0.15, 0.2) is 0 Å². The Bertz CT molecular complexity index is 232. The number of hydrogen-bond donors (Lipinski definition) is 1. The van der Waals surface area contributed by atoms with Crippen molar-refractivity contribution in [2.75, 3.05) is 18.1 Å². The maximum absolute atomic E-state index is 9.47. The Morgan fingerprint density at radius 3 is 1.48 bits per heavy atom. The van der Waals surface area contributed by atoms with Crippen molar-refractivity contribution in [3.8, 4) is 0 Å². The molecule has 0 rings (SSSR count). The molecule has 25 heavy (non-hydrogen) atoms. The molecule has 0 saturated heterocycles. The summed E-state index contributed by atoms with van der Waals surface area (Å²) in [6, 6.07) is 0. The van der Waals surface area contributed by atoms with Crippen LogP contribution >= 0.6 is 11.8 Å². The Labute approximate surface area is 164 Å². The van der Waals surface area contributed by atoms with Crippen molar-refractivity contribution in [3.05, 3.63) is 0 Å². The Morgan fingerprint density at radius 1 is 0.600 bits per heavy atom. The number of thioether (sulfide) groups is 1. The van der Waals surface area contributed by atoms with E-state index in [4.69, 9.17) is 0 Å². The normalized spacial score (nSPS) is 12.6. The molecule has 0 spiro atoms. The lowest BCUT2D eigenvalue weighted by Crippen LogP contribution is -2.09. The van der Waals surface area contributed by atoms with E-state index >= 15 is 0 Å². The van der Waals surface area contributed by atoms with E-state index in [2.05, 4.69) is 13.8 Å². The Hall–Kier alpha value is 0.310. The van der Waals surface area contributed by atoms with E-state index in [0.717, 1.165) is 5.75 Å². The zero-order valence-corrected chi connectivity index (χ0v) is 18.4. The van der Waals surface area contributed by atoms with Crippen molar-refractivity contribution in [1.82, 2.24) is 0 Å². The molecule has 0 aliphatic carbocycles. The van der Waals surface area contributed by atoms with Crippen molar-refractivity contribution in [2.45, 2.75) is 123 Å². The third-order valence-corrected chi connectivity index (χ3v) is 6.50. The van der Waals surface area contributed by atoms with E-state index in [9.17, 15) is 5.11 Å². The lowest BCUT2D eigenvalue weighted by atomic mass is 10.0. The number of hydrogen-bond acceptors (Lipinski definition) is 2. The minimum absolute atomic E-state index is 0.386. The van der Waals surface area contributed by atoms with E-state index in [0.29, 0.717) is 12.5 Å². The topological polar surface area (TPSA) is 20.2 Å². The monoisotopic (exact) mass is 372 g/mol. The third kappa shape index (κ3) is 20.5. The molecule has 152 valence electrons. The van der Waals surface area contributed by atoms with E-state index in [1.54, 1.807) is 0 Å². The summed E-state index contributed by atoms with van der Waals surface area (Å²) >= 11 is 2.04. The molecule has 0 aromatic rings. The minimum atomic E-state index is 0.386. The molecule has 0 amide bonds. The van der Waals surface area contributed by atoms with E-state index in [1.807, 2.05) is 11.8 Å². The SMILES string of the molecule is CCCCCCCCCCCCCCCCC(CO)CSCCCC. The molecule has 0 heterocycles. The van der Waals surface area contributed by atoms with Crippen LogP contribution in [0.25, 0.3) is 0 Å². The van der Waals surface area contributed by atoms with Gasteiger partial charge in [-0.25, -0.2) is 0 Å². The van der Waals surface area contributed by atoms with Crippen LogP contribution in [0.4, 0.5) is 0 Å². The molecular weight excluding hydrogens is 324 g/mol. The van der Waals surface area contributed by atoms with Crippen LogP contribution in [0.2, 0.25) is 0 Å². The number of aliphatic hydroxyl groups is 1. The molecule has 0 aromatic carbocycles. The average Bonchev–Trinajstić information content (AvgIpc) is 2.63. The van der Waals surface area contributed by atoms with Crippen LogP contribution in [-0.4, -0.2) is 23.2 Å². The highest BCUT2D eigenvalue weighted by molar-refractivity contribution is 7.99. The molecule has 1 atom stereocenters. The van der Waals surface area contributed by atoms with Gasteiger partial charge in [0.25, 0.3) is 0 Å². The highest BCUT2D eigenvalue weighted by atomic mass is 32.2. The fraction of sp³-hybridized carbons (Fsp3) is 1.00. The molecule has 1 unspecified atom stereocenters. The second-order valence-corrected chi connectivity index (χ2v) is 9.01. The molecule has 0 radical (unpaired) electrons. The maximum Gasteiger partial charge on any atom is 0.0467 e. The van der Waals surface area contributed by atoms with Crippen molar-refractivity contribution >= 4 is 11.8 Å². The van der Waals surface area contributed by atoms with Gasteiger partial charge in [0.05, 0.1) is 0 Å². The summed E-state index contributed by atoms with van der Waals surface area (Å²) in [5.41, 5.74) is 0. The quantitative estimate of drug-likeness (QED) is 0.206. The first-order valence-corrected chi connectivity index (χ1v) is 12.7. The minimum Gasteiger partial charge on any atom is -0.396 e. The molecule has 1 nitrogen and oxygen atoms in total. The van der Waals surface area contributed by atoms with Crippen molar-refractivity contribution < 1.29 is 5.11 Å². The van der Waals surface area contributed by atoms with E-state index < -0.39 is 0 Å². The molecule has 1 N–H and O–H groups in total. The molecule has 0 bridgehead atoms. The summed E-state index contributed by atoms with van der Waals surface area (Å²) in [5, 5.41) is 9.47. The average molecular weight is 373 g/mol. The standard InChI is InChI=1S/C23H48OS/c1-3-5-7-8-9-10-11-12-13-14-15-16-17-18-19-23(21-24)22-25-20-6-4-2/h23-24H,3-22H2,1-2H3. The van der Waals surface area contributed by atoms with Gasteiger partial charge in [-0.05, 0) is 30.3 Å². The summed E-state index contributed by atoms with van der Waals surface area (Å²) in [6.45, 7) is 4.93. The predicted molar refractivity (Wildman–Crippen MR) is 118 cm³/mol. The second-order valence-electron chi connectivity index (χ2n) is 7.86. The molecule has 0 aliphatic heterocycles. The van der Waals surface area contributed by atoms with Gasteiger partial charge in [-0.15, -0.1) is 0 Å². The van der Waals surface area contributed by atoms with Gasteiger partial charge in [-0.2, -0.15) is 11.8 Å². The van der Waals surface area contributed by atoms with Crippen LogP contribution < -0.4 is 0 Å². The van der Waals surface area contributed by atoms with Gasteiger partial charge in [0.1, 0.15) is 0 Å². The van der Waals surface area contributed by atoms with E-state index in [1.165, 1.54) is 115 Å². The van der Waals surface area contributed by atoms with Gasteiger partial charge in [0, 0.05) is 6.61 Å². The van der Waals surface area contributed by atoms with Crippen LogP contribution in [0.3, 0.4) is 0 Å². The fourth-order valence-corrected chi connectivity index (χ4v) is 4.62. The molecule has 0 fully saturated rings. The Kier molecular flexibility index (Phi) is 22.6. The summed E-state index contributed by atoms with van der Waals surface area (Å²) in [4.78, 5) is 0. The maximum atomic E-state index is 9.47. The molecule has 0 saturated carbocycles. The largest absolute Gasteiger partial charge is 0.396 e. The first kappa shape index (κ1) is 25.3. The highest BCUT2D eigenvalue weighted by Gasteiger charge is 2.07. The van der Waals surface area contributed by atoms with Crippen LogP contribution in [-0.2, 0) is 0 Å². The van der Waals surface area contributed by atoms with Gasteiger partial charge in [-0.1, -0.05) is 110 Å². The van der Waals surface area contributed by atoms with Gasteiger partial charge in [0.2, 0.25) is 0 Å². The first-order valence-electron chi connectivity index (χ1n) is 11.5. The summed E-state index contributed by atoms with van der Waals surface area (Å²) < 4.78 is 0. The van der Waals surface area contributed by atoms with Crippen LogP contribution in [0.15, 0.2) is 0 Å².